The van der Waals surface area contributed by atoms with Gasteiger partial charge in [0.05, 0.1) is 0 Å². The molecular formula is C16H28O2. The van der Waals surface area contributed by atoms with Gasteiger partial charge in [0.25, 0.3) is 0 Å². The molecule has 104 valence electrons. The van der Waals surface area contributed by atoms with Crippen LogP contribution >= 0.6 is 0 Å². The van der Waals surface area contributed by atoms with Crippen LogP contribution in [0.1, 0.15) is 60.8 Å². The molecule has 1 saturated carbocycles. The first-order valence-electron chi connectivity index (χ1n) is 6.87. The molecule has 18 heavy (non-hydrogen) atoms. The van der Waals surface area contributed by atoms with E-state index in [0.717, 1.165) is 12.8 Å². The van der Waals surface area contributed by atoms with E-state index in [1.165, 1.54) is 12.5 Å². The highest BCUT2D eigenvalue weighted by Gasteiger charge is 2.52. The zero-order valence-electron chi connectivity index (χ0n) is 12.8. The second-order valence-corrected chi connectivity index (χ2v) is 7.72. The first-order chi connectivity index (χ1) is 8.01. The number of rotatable bonds is 2. The minimum absolute atomic E-state index is 0.0579. The van der Waals surface area contributed by atoms with Gasteiger partial charge in [-0.25, -0.2) is 4.79 Å². The molecule has 0 radical (unpaired) electrons. The number of carbonyl (C=O) groups excluding carboxylic acids is 1. The molecule has 0 saturated heterocycles. The average Bonchev–Trinajstić information content (AvgIpc) is 2.12. The van der Waals surface area contributed by atoms with Gasteiger partial charge in [-0.1, -0.05) is 48.1 Å². The molecule has 1 rings (SSSR count). The monoisotopic (exact) mass is 252 g/mol. The van der Waals surface area contributed by atoms with E-state index in [-0.39, 0.29) is 22.4 Å². The summed E-state index contributed by atoms with van der Waals surface area (Å²) in [6, 6.07) is 0. The lowest BCUT2D eigenvalue weighted by molar-refractivity contribution is -0.186. The van der Waals surface area contributed by atoms with Crippen LogP contribution in [0.3, 0.4) is 0 Å². The SMILES string of the molecule is C=CC(=O)OC1(C(C)(C)C)CC(C)CC(C)(C)C1. The highest BCUT2D eigenvalue weighted by Crippen LogP contribution is 2.53. The van der Waals surface area contributed by atoms with E-state index < -0.39 is 0 Å². The minimum atomic E-state index is -0.376. The van der Waals surface area contributed by atoms with Gasteiger partial charge in [0, 0.05) is 11.5 Å². The Balaban J connectivity index is 3.12. The van der Waals surface area contributed by atoms with Gasteiger partial charge >= 0.3 is 5.97 Å². The first kappa shape index (κ1) is 15.3. The maximum atomic E-state index is 11.7. The topological polar surface area (TPSA) is 26.3 Å². The second-order valence-electron chi connectivity index (χ2n) is 7.72. The average molecular weight is 252 g/mol. The third-order valence-corrected chi connectivity index (χ3v) is 4.17. The molecule has 0 N–H and O–H groups in total. The van der Waals surface area contributed by atoms with E-state index >= 15 is 0 Å². The van der Waals surface area contributed by atoms with Crippen LogP contribution in [0.15, 0.2) is 12.7 Å². The van der Waals surface area contributed by atoms with Crippen molar-refractivity contribution in [3.8, 4) is 0 Å². The van der Waals surface area contributed by atoms with Crippen molar-refractivity contribution in [3.63, 3.8) is 0 Å². The van der Waals surface area contributed by atoms with Gasteiger partial charge in [-0.2, -0.15) is 0 Å². The number of hydrogen-bond donors (Lipinski definition) is 0. The molecule has 0 aromatic heterocycles. The van der Waals surface area contributed by atoms with Gasteiger partial charge in [0.1, 0.15) is 5.60 Å². The van der Waals surface area contributed by atoms with Gasteiger partial charge < -0.3 is 4.74 Å². The highest BCUT2D eigenvalue weighted by molar-refractivity contribution is 5.81. The fourth-order valence-electron chi connectivity index (χ4n) is 3.53. The van der Waals surface area contributed by atoms with Crippen LogP contribution in [0, 0.1) is 16.7 Å². The standard InChI is InChI=1S/C16H28O2/c1-8-13(17)18-16(14(3,4)5)10-12(2)9-15(6,7)11-16/h8,12H,1,9-11H2,2-7H3. The molecule has 2 nitrogen and oxygen atoms in total. The molecule has 0 aliphatic heterocycles. The van der Waals surface area contributed by atoms with Crippen LogP contribution in [0.25, 0.3) is 0 Å². The Morgan fingerprint density at radius 3 is 2.28 bits per heavy atom. The van der Waals surface area contributed by atoms with E-state index in [1.54, 1.807) is 0 Å². The molecule has 0 bridgehead atoms. The van der Waals surface area contributed by atoms with Gasteiger partial charge in [0.2, 0.25) is 0 Å². The van der Waals surface area contributed by atoms with Gasteiger partial charge in [-0.05, 0) is 30.6 Å². The lowest BCUT2D eigenvalue weighted by Gasteiger charge is -2.53. The third kappa shape index (κ3) is 3.15. The van der Waals surface area contributed by atoms with E-state index in [4.69, 9.17) is 4.74 Å². The minimum Gasteiger partial charge on any atom is -0.455 e. The quantitative estimate of drug-likeness (QED) is 0.539. The Labute approximate surface area is 112 Å². The van der Waals surface area contributed by atoms with Crippen molar-refractivity contribution in [3.05, 3.63) is 12.7 Å². The Kier molecular flexibility index (Phi) is 4.00. The van der Waals surface area contributed by atoms with Gasteiger partial charge in [0.15, 0.2) is 0 Å². The molecule has 1 aliphatic carbocycles. The second kappa shape index (κ2) is 4.71. The van der Waals surface area contributed by atoms with Crippen molar-refractivity contribution in [2.24, 2.45) is 16.7 Å². The summed E-state index contributed by atoms with van der Waals surface area (Å²) in [6.07, 6.45) is 4.34. The van der Waals surface area contributed by atoms with Crippen molar-refractivity contribution < 1.29 is 9.53 Å². The zero-order valence-corrected chi connectivity index (χ0v) is 12.8. The van der Waals surface area contributed by atoms with Crippen molar-refractivity contribution in [2.75, 3.05) is 0 Å². The Morgan fingerprint density at radius 2 is 1.89 bits per heavy atom. The molecule has 2 atom stereocenters. The smallest absolute Gasteiger partial charge is 0.330 e. The van der Waals surface area contributed by atoms with Crippen LogP contribution in [0.2, 0.25) is 0 Å². The normalized spacial score (nSPS) is 31.8. The summed E-state index contributed by atoms with van der Waals surface area (Å²) >= 11 is 0. The third-order valence-electron chi connectivity index (χ3n) is 4.17. The molecule has 1 aliphatic rings. The van der Waals surface area contributed by atoms with Gasteiger partial charge in [-0.15, -0.1) is 0 Å². The zero-order chi connectivity index (χ0) is 14.2. The maximum absolute atomic E-state index is 11.7. The summed E-state index contributed by atoms with van der Waals surface area (Å²) < 4.78 is 5.84. The predicted molar refractivity (Wildman–Crippen MR) is 75.3 cm³/mol. The van der Waals surface area contributed by atoms with E-state index in [2.05, 4.69) is 48.1 Å². The van der Waals surface area contributed by atoms with Crippen LogP contribution in [0.4, 0.5) is 0 Å². The van der Waals surface area contributed by atoms with E-state index in [0.29, 0.717) is 5.92 Å². The summed E-state index contributed by atoms with van der Waals surface area (Å²) in [7, 11) is 0. The summed E-state index contributed by atoms with van der Waals surface area (Å²) in [5.41, 5.74) is -0.219. The fraction of sp³-hybridized carbons (Fsp3) is 0.812. The molecule has 2 unspecified atom stereocenters. The van der Waals surface area contributed by atoms with Crippen molar-refractivity contribution in [2.45, 2.75) is 66.4 Å². The fourth-order valence-corrected chi connectivity index (χ4v) is 3.53. The van der Waals surface area contributed by atoms with Crippen LogP contribution in [0.5, 0.6) is 0 Å². The molecule has 2 heteroatoms. The highest BCUT2D eigenvalue weighted by atomic mass is 16.6. The van der Waals surface area contributed by atoms with Gasteiger partial charge in [-0.3, -0.25) is 0 Å². The molecule has 0 aromatic carbocycles. The molecule has 1 fully saturated rings. The molecule has 0 spiro atoms. The molecule has 0 amide bonds. The first-order valence-corrected chi connectivity index (χ1v) is 6.87. The van der Waals surface area contributed by atoms with E-state index in [9.17, 15) is 4.79 Å². The molecular weight excluding hydrogens is 224 g/mol. The lowest BCUT2D eigenvalue weighted by atomic mass is 9.58. The number of esters is 1. The van der Waals surface area contributed by atoms with Crippen molar-refractivity contribution >= 4 is 5.97 Å². The van der Waals surface area contributed by atoms with E-state index in [1.807, 2.05) is 0 Å². The number of ether oxygens (including phenoxy) is 1. The molecule has 0 aromatic rings. The van der Waals surface area contributed by atoms with Crippen LogP contribution in [-0.2, 0) is 9.53 Å². The van der Waals surface area contributed by atoms with Crippen LogP contribution < -0.4 is 0 Å². The predicted octanol–water partition coefficient (Wildman–Crippen LogP) is 4.35. The maximum Gasteiger partial charge on any atom is 0.330 e. The largest absolute Gasteiger partial charge is 0.455 e. The molecule has 0 heterocycles. The summed E-state index contributed by atoms with van der Waals surface area (Å²) in [4.78, 5) is 11.7. The van der Waals surface area contributed by atoms with Crippen LogP contribution in [-0.4, -0.2) is 11.6 Å². The Bertz CT molecular complexity index is 335. The Morgan fingerprint density at radius 1 is 1.33 bits per heavy atom. The summed E-state index contributed by atoms with van der Waals surface area (Å²) in [5.74, 6) is 0.278. The van der Waals surface area contributed by atoms with Crippen molar-refractivity contribution in [1.29, 1.82) is 0 Å². The number of hydrogen-bond acceptors (Lipinski definition) is 2. The summed E-state index contributed by atoms with van der Waals surface area (Å²) in [6.45, 7) is 16.8. The van der Waals surface area contributed by atoms with Crippen molar-refractivity contribution in [1.82, 2.24) is 0 Å². The summed E-state index contributed by atoms with van der Waals surface area (Å²) in [5, 5.41) is 0. The Hall–Kier alpha value is -0.790. The lowest BCUT2D eigenvalue weighted by Crippen LogP contribution is -2.53. The number of carbonyl (C=O) groups is 1.